The van der Waals surface area contributed by atoms with Gasteiger partial charge < -0.3 is 5.32 Å². The molecule has 7 heteroatoms. The number of nitro groups is 1. The summed E-state index contributed by atoms with van der Waals surface area (Å²) in [5.74, 6) is -0.941. The van der Waals surface area contributed by atoms with Gasteiger partial charge in [-0.05, 0) is 25.5 Å². The molecule has 19 heavy (non-hydrogen) atoms. The van der Waals surface area contributed by atoms with Gasteiger partial charge in [-0.15, -0.1) is 0 Å². The molecule has 0 saturated carbocycles. The molecule has 0 bridgehead atoms. The molecule has 1 heterocycles. The first-order valence-electron chi connectivity index (χ1n) is 5.92. The summed E-state index contributed by atoms with van der Waals surface area (Å²) in [6.45, 7) is 2.49. The van der Waals surface area contributed by atoms with Gasteiger partial charge in [-0.2, -0.15) is 16.2 Å². The first kappa shape index (κ1) is 14.0. The second-order valence-corrected chi connectivity index (χ2v) is 6.48. The van der Waals surface area contributed by atoms with Gasteiger partial charge in [0.15, 0.2) is 0 Å². The first-order chi connectivity index (χ1) is 8.91. The fourth-order valence-electron chi connectivity index (χ4n) is 2.14. The first-order valence-corrected chi connectivity index (χ1v) is 6.91. The van der Waals surface area contributed by atoms with Crippen LogP contribution in [0.2, 0.25) is 0 Å². The molecular formula is C12H14F2N2O2S. The maximum Gasteiger partial charge on any atom is 0.327 e. The third kappa shape index (κ3) is 3.15. The van der Waals surface area contributed by atoms with Crippen molar-refractivity contribution in [3.8, 4) is 0 Å². The van der Waals surface area contributed by atoms with Crippen molar-refractivity contribution >= 4 is 23.1 Å². The van der Waals surface area contributed by atoms with Gasteiger partial charge in [0.2, 0.25) is 5.82 Å². The summed E-state index contributed by atoms with van der Waals surface area (Å²) >= 11 is 1.77. The van der Waals surface area contributed by atoms with Crippen LogP contribution in [0.1, 0.15) is 19.8 Å². The van der Waals surface area contributed by atoms with Crippen molar-refractivity contribution < 1.29 is 13.7 Å². The molecule has 0 aliphatic carbocycles. The highest BCUT2D eigenvalue weighted by molar-refractivity contribution is 8.00. The van der Waals surface area contributed by atoms with Gasteiger partial charge in [0.25, 0.3) is 0 Å². The number of hydrogen-bond donors (Lipinski definition) is 1. The lowest BCUT2D eigenvalue weighted by atomic mass is 10.1. The smallest absolute Gasteiger partial charge is 0.327 e. The van der Waals surface area contributed by atoms with Crippen LogP contribution >= 0.6 is 11.8 Å². The molecule has 1 aliphatic rings. The van der Waals surface area contributed by atoms with E-state index in [-0.39, 0.29) is 10.4 Å². The molecule has 1 atom stereocenters. The second kappa shape index (κ2) is 5.32. The highest BCUT2D eigenvalue weighted by Gasteiger charge is 2.30. The normalized spacial score (nSPS) is 22.5. The number of hydrogen-bond acceptors (Lipinski definition) is 4. The Balaban J connectivity index is 2.21. The fourth-order valence-corrected chi connectivity index (χ4v) is 3.39. The van der Waals surface area contributed by atoms with Gasteiger partial charge in [-0.1, -0.05) is 0 Å². The van der Waals surface area contributed by atoms with E-state index in [4.69, 9.17) is 0 Å². The molecule has 1 aromatic rings. The van der Waals surface area contributed by atoms with Crippen LogP contribution in [0.25, 0.3) is 0 Å². The summed E-state index contributed by atoms with van der Waals surface area (Å²) in [5.41, 5.74) is -0.802. The number of nitrogens with zero attached hydrogens (tertiary/aromatic N) is 1. The van der Waals surface area contributed by atoms with Crippen LogP contribution in [0.15, 0.2) is 12.1 Å². The average Bonchev–Trinajstić information content (AvgIpc) is 2.72. The Kier molecular flexibility index (Phi) is 3.93. The summed E-state index contributed by atoms with van der Waals surface area (Å²) in [6.07, 6.45) is 2.07. The third-order valence-electron chi connectivity index (χ3n) is 3.16. The number of nitrogens with one attached hydrogen (secondary N) is 1. The van der Waals surface area contributed by atoms with Crippen LogP contribution < -0.4 is 5.32 Å². The van der Waals surface area contributed by atoms with E-state index in [0.29, 0.717) is 12.6 Å². The molecule has 1 N–H and O–H groups in total. The largest absolute Gasteiger partial charge is 0.378 e. The Morgan fingerprint density at radius 1 is 1.53 bits per heavy atom. The molecule has 1 aromatic carbocycles. The Labute approximate surface area is 113 Å². The predicted molar refractivity (Wildman–Crippen MR) is 71.6 cm³/mol. The zero-order valence-electron chi connectivity index (χ0n) is 10.4. The van der Waals surface area contributed by atoms with Gasteiger partial charge in [0, 0.05) is 23.4 Å². The predicted octanol–water partition coefficient (Wildman–Crippen LogP) is 3.57. The molecule has 1 saturated heterocycles. The lowest BCUT2D eigenvalue weighted by molar-refractivity contribution is -0.386. The van der Waals surface area contributed by atoms with Crippen LogP contribution in [0.4, 0.5) is 20.2 Å². The number of thioether (sulfide) groups is 1. The minimum absolute atomic E-state index is 0.0450. The molecular weight excluding hydrogens is 274 g/mol. The SMILES string of the molecule is CC1(CNc2cc(F)cc(F)c2[N+](=O)[O-])CCCS1. The van der Waals surface area contributed by atoms with E-state index in [1.807, 2.05) is 6.92 Å². The van der Waals surface area contributed by atoms with Crippen LogP contribution in [0.3, 0.4) is 0 Å². The van der Waals surface area contributed by atoms with Gasteiger partial charge in [0.1, 0.15) is 11.5 Å². The van der Waals surface area contributed by atoms with Gasteiger partial charge in [-0.3, -0.25) is 10.1 Å². The Bertz CT molecular complexity index is 505. The van der Waals surface area contributed by atoms with E-state index in [0.717, 1.165) is 24.7 Å². The minimum atomic E-state index is -1.16. The van der Waals surface area contributed by atoms with Crippen molar-refractivity contribution in [2.45, 2.75) is 24.5 Å². The fraction of sp³-hybridized carbons (Fsp3) is 0.500. The maximum atomic E-state index is 13.4. The molecule has 0 spiro atoms. The third-order valence-corrected chi connectivity index (χ3v) is 4.70. The summed E-state index contributed by atoms with van der Waals surface area (Å²) in [7, 11) is 0. The molecule has 0 radical (unpaired) electrons. The molecule has 104 valence electrons. The second-order valence-electron chi connectivity index (χ2n) is 4.80. The van der Waals surface area contributed by atoms with E-state index in [2.05, 4.69) is 5.32 Å². The average molecular weight is 288 g/mol. The van der Waals surface area contributed by atoms with Crippen molar-refractivity contribution in [3.63, 3.8) is 0 Å². The lowest BCUT2D eigenvalue weighted by Gasteiger charge is -2.23. The molecule has 0 amide bonds. The van der Waals surface area contributed by atoms with Crippen molar-refractivity contribution in [3.05, 3.63) is 33.9 Å². The van der Waals surface area contributed by atoms with Crippen molar-refractivity contribution in [1.29, 1.82) is 0 Å². The summed E-state index contributed by atoms with van der Waals surface area (Å²) in [4.78, 5) is 10.00. The van der Waals surface area contributed by atoms with Gasteiger partial charge in [-0.25, -0.2) is 4.39 Å². The number of nitro benzene ring substituents is 1. The Morgan fingerprint density at radius 2 is 2.26 bits per heavy atom. The molecule has 1 fully saturated rings. The number of anilines is 1. The summed E-state index contributed by atoms with van der Waals surface area (Å²) in [6, 6.07) is 1.49. The molecule has 1 unspecified atom stereocenters. The van der Waals surface area contributed by atoms with E-state index in [1.165, 1.54) is 0 Å². The van der Waals surface area contributed by atoms with Crippen LogP contribution in [-0.2, 0) is 0 Å². The lowest BCUT2D eigenvalue weighted by Crippen LogP contribution is -2.27. The van der Waals surface area contributed by atoms with Crippen LogP contribution in [0, 0.1) is 21.7 Å². The maximum absolute atomic E-state index is 13.4. The molecule has 1 aliphatic heterocycles. The van der Waals surface area contributed by atoms with Crippen LogP contribution in [-0.4, -0.2) is 22.0 Å². The Hall–Kier alpha value is -1.37. The highest BCUT2D eigenvalue weighted by atomic mass is 32.2. The van der Waals surface area contributed by atoms with E-state index in [9.17, 15) is 18.9 Å². The molecule has 4 nitrogen and oxygen atoms in total. The topological polar surface area (TPSA) is 55.2 Å². The van der Waals surface area contributed by atoms with Gasteiger partial charge >= 0.3 is 5.69 Å². The zero-order valence-corrected chi connectivity index (χ0v) is 11.2. The van der Waals surface area contributed by atoms with Crippen molar-refractivity contribution in [2.24, 2.45) is 0 Å². The summed E-state index contributed by atoms with van der Waals surface area (Å²) in [5, 5.41) is 13.6. The minimum Gasteiger partial charge on any atom is -0.378 e. The standard InChI is InChI=1S/C12H14F2N2O2S/c1-12(3-2-4-19-12)7-15-10-6-8(13)5-9(14)11(10)16(17)18/h5-6,15H,2-4,7H2,1H3. The van der Waals surface area contributed by atoms with Gasteiger partial charge in [0.05, 0.1) is 4.92 Å². The summed E-state index contributed by atoms with van der Waals surface area (Å²) < 4.78 is 26.5. The van der Waals surface area contributed by atoms with E-state index < -0.39 is 22.2 Å². The van der Waals surface area contributed by atoms with E-state index >= 15 is 0 Å². The van der Waals surface area contributed by atoms with Crippen molar-refractivity contribution in [1.82, 2.24) is 0 Å². The number of rotatable bonds is 4. The Morgan fingerprint density at radius 3 is 2.84 bits per heavy atom. The van der Waals surface area contributed by atoms with Crippen LogP contribution in [0.5, 0.6) is 0 Å². The van der Waals surface area contributed by atoms with Crippen molar-refractivity contribution in [2.75, 3.05) is 17.6 Å². The molecule has 0 aromatic heterocycles. The quantitative estimate of drug-likeness (QED) is 0.679. The van der Waals surface area contributed by atoms with E-state index in [1.54, 1.807) is 11.8 Å². The highest BCUT2D eigenvalue weighted by Crippen LogP contribution is 2.38. The number of halogens is 2. The monoisotopic (exact) mass is 288 g/mol. The molecule has 2 rings (SSSR count). The zero-order chi connectivity index (χ0) is 14.0. The number of benzene rings is 1.